The van der Waals surface area contributed by atoms with Gasteiger partial charge in [0.05, 0.1) is 24.3 Å². The van der Waals surface area contributed by atoms with E-state index < -0.39 is 0 Å². The second kappa shape index (κ2) is 6.69. The van der Waals surface area contributed by atoms with E-state index in [1.54, 1.807) is 6.07 Å². The van der Waals surface area contributed by atoms with E-state index >= 15 is 0 Å². The third-order valence-corrected chi connectivity index (χ3v) is 3.06. The van der Waals surface area contributed by atoms with Gasteiger partial charge in [-0.15, -0.1) is 0 Å². The molecule has 19 heavy (non-hydrogen) atoms. The molecule has 1 atom stereocenters. The first-order chi connectivity index (χ1) is 9.35. The van der Waals surface area contributed by atoms with E-state index in [1.807, 2.05) is 48.5 Å². The molecule has 0 bridgehead atoms. The number of nitriles is 1. The van der Waals surface area contributed by atoms with Crippen molar-refractivity contribution in [1.29, 1.82) is 5.26 Å². The number of nitrogens with one attached hydrogen (secondary N) is 1. The van der Waals surface area contributed by atoms with Crippen molar-refractivity contribution in [2.75, 3.05) is 6.61 Å². The second-order valence-corrected chi connectivity index (χ2v) is 4.30. The van der Waals surface area contributed by atoms with E-state index in [9.17, 15) is 5.11 Å². The highest BCUT2D eigenvalue weighted by Gasteiger charge is 2.10. The molecule has 2 aromatic rings. The standard InChI is InChI=1S/C16H16N2O/c17-10-14-8-4-5-9-15(14)11-18-16(12-19)13-6-2-1-3-7-13/h1-9,16,18-19H,11-12H2/t16-/m1/s1. The van der Waals surface area contributed by atoms with Crippen molar-refractivity contribution in [2.24, 2.45) is 0 Å². The molecule has 0 fully saturated rings. The summed E-state index contributed by atoms with van der Waals surface area (Å²) >= 11 is 0. The minimum absolute atomic E-state index is 0.0265. The smallest absolute Gasteiger partial charge is 0.0995 e. The Kier molecular flexibility index (Phi) is 4.68. The van der Waals surface area contributed by atoms with Crippen LogP contribution in [0.2, 0.25) is 0 Å². The highest BCUT2D eigenvalue weighted by molar-refractivity contribution is 5.37. The van der Waals surface area contributed by atoms with Crippen LogP contribution in [-0.4, -0.2) is 11.7 Å². The quantitative estimate of drug-likeness (QED) is 0.859. The number of aliphatic hydroxyl groups is 1. The van der Waals surface area contributed by atoms with Crippen molar-refractivity contribution in [3.05, 3.63) is 71.3 Å². The Labute approximate surface area is 113 Å². The third-order valence-electron chi connectivity index (χ3n) is 3.06. The first kappa shape index (κ1) is 13.3. The number of nitrogens with zero attached hydrogens (tertiary/aromatic N) is 1. The Morgan fingerprint density at radius 1 is 1.05 bits per heavy atom. The lowest BCUT2D eigenvalue weighted by atomic mass is 10.1. The van der Waals surface area contributed by atoms with E-state index in [2.05, 4.69) is 11.4 Å². The topological polar surface area (TPSA) is 56.0 Å². The molecule has 0 aliphatic heterocycles. The normalized spacial score (nSPS) is 11.8. The van der Waals surface area contributed by atoms with Gasteiger partial charge in [-0.1, -0.05) is 48.5 Å². The van der Waals surface area contributed by atoms with Crippen LogP contribution in [0.15, 0.2) is 54.6 Å². The summed E-state index contributed by atoms with van der Waals surface area (Å²) in [6, 6.07) is 19.3. The number of hydrogen-bond donors (Lipinski definition) is 2. The molecule has 0 aromatic heterocycles. The van der Waals surface area contributed by atoms with E-state index in [0.717, 1.165) is 11.1 Å². The van der Waals surface area contributed by atoms with Gasteiger partial charge < -0.3 is 10.4 Å². The van der Waals surface area contributed by atoms with Crippen molar-refractivity contribution in [2.45, 2.75) is 12.6 Å². The molecule has 0 amide bonds. The van der Waals surface area contributed by atoms with Crippen LogP contribution in [0.5, 0.6) is 0 Å². The molecule has 0 unspecified atom stereocenters. The van der Waals surface area contributed by atoms with Crippen LogP contribution in [-0.2, 0) is 6.54 Å². The summed E-state index contributed by atoms with van der Waals surface area (Å²) in [7, 11) is 0. The molecule has 2 N–H and O–H groups in total. The lowest BCUT2D eigenvalue weighted by molar-refractivity contribution is 0.243. The first-order valence-electron chi connectivity index (χ1n) is 6.22. The summed E-state index contributed by atoms with van der Waals surface area (Å²) in [5.74, 6) is 0. The van der Waals surface area contributed by atoms with Gasteiger partial charge in [0.2, 0.25) is 0 Å². The van der Waals surface area contributed by atoms with Crippen LogP contribution < -0.4 is 5.32 Å². The third kappa shape index (κ3) is 3.41. The van der Waals surface area contributed by atoms with Crippen molar-refractivity contribution in [1.82, 2.24) is 5.32 Å². The van der Waals surface area contributed by atoms with E-state index in [-0.39, 0.29) is 12.6 Å². The molecule has 2 aromatic carbocycles. The van der Waals surface area contributed by atoms with Crippen LogP contribution in [0.4, 0.5) is 0 Å². The van der Waals surface area contributed by atoms with Crippen molar-refractivity contribution in [3.63, 3.8) is 0 Å². The zero-order valence-corrected chi connectivity index (χ0v) is 10.6. The van der Waals surface area contributed by atoms with E-state index in [1.165, 1.54) is 0 Å². The summed E-state index contributed by atoms with van der Waals surface area (Å²) in [5.41, 5.74) is 2.65. The number of rotatable bonds is 5. The largest absolute Gasteiger partial charge is 0.394 e. The van der Waals surface area contributed by atoms with Gasteiger partial charge in [-0.3, -0.25) is 0 Å². The van der Waals surface area contributed by atoms with Crippen molar-refractivity contribution in [3.8, 4) is 6.07 Å². The molecular weight excluding hydrogens is 236 g/mol. The number of aliphatic hydroxyl groups excluding tert-OH is 1. The van der Waals surface area contributed by atoms with Gasteiger partial charge in [0.25, 0.3) is 0 Å². The summed E-state index contributed by atoms with van der Waals surface area (Å²) in [6.45, 7) is 0.586. The molecule has 0 saturated carbocycles. The SMILES string of the molecule is N#Cc1ccccc1CN[C@H](CO)c1ccccc1. The highest BCUT2D eigenvalue weighted by Crippen LogP contribution is 2.14. The summed E-state index contributed by atoms with van der Waals surface area (Å²) in [4.78, 5) is 0. The van der Waals surface area contributed by atoms with Crippen LogP contribution >= 0.6 is 0 Å². The molecular formula is C16H16N2O. The van der Waals surface area contributed by atoms with Crippen molar-refractivity contribution >= 4 is 0 Å². The average Bonchev–Trinajstić information content (AvgIpc) is 2.49. The van der Waals surface area contributed by atoms with Gasteiger partial charge >= 0.3 is 0 Å². The molecule has 0 aliphatic rings. The Morgan fingerprint density at radius 2 is 1.74 bits per heavy atom. The first-order valence-corrected chi connectivity index (χ1v) is 6.22. The molecule has 0 spiro atoms. The Bertz CT molecular complexity index is 560. The zero-order valence-electron chi connectivity index (χ0n) is 10.6. The fraction of sp³-hybridized carbons (Fsp3) is 0.188. The summed E-state index contributed by atoms with van der Waals surface area (Å²) in [5, 5.41) is 21.8. The summed E-state index contributed by atoms with van der Waals surface area (Å²) in [6.07, 6.45) is 0. The maximum Gasteiger partial charge on any atom is 0.0995 e. The monoisotopic (exact) mass is 252 g/mol. The molecule has 0 aliphatic carbocycles. The molecule has 0 saturated heterocycles. The number of hydrogen-bond acceptors (Lipinski definition) is 3. The van der Waals surface area contributed by atoms with Crippen LogP contribution in [0.1, 0.15) is 22.7 Å². The zero-order chi connectivity index (χ0) is 13.5. The number of benzene rings is 2. The molecule has 3 heteroatoms. The van der Waals surface area contributed by atoms with Crippen LogP contribution in [0, 0.1) is 11.3 Å². The fourth-order valence-corrected chi connectivity index (χ4v) is 1.99. The van der Waals surface area contributed by atoms with E-state index in [0.29, 0.717) is 12.1 Å². The van der Waals surface area contributed by atoms with Gasteiger partial charge in [-0.2, -0.15) is 5.26 Å². The fourth-order valence-electron chi connectivity index (χ4n) is 1.99. The molecule has 0 heterocycles. The average molecular weight is 252 g/mol. The molecule has 3 nitrogen and oxygen atoms in total. The van der Waals surface area contributed by atoms with Crippen molar-refractivity contribution < 1.29 is 5.11 Å². The lowest BCUT2D eigenvalue weighted by Gasteiger charge is -2.17. The molecule has 96 valence electrons. The molecule has 2 rings (SSSR count). The Morgan fingerprint density at radius 3 is 2.42 bits per heavy atom. The predicted molar refractivity (Wildman–Crippen MR) is 74.3 cm³/mol. The van der Waals surface area contributed by atoms with E-state index in [4.69, 9.17) is 5.26 Å². The lowest BCUT2D eigenvalue weighted by Crippen LogP contribution is -2.24. The van der Waals surface area contributed by atoms with Gasteiger partial charge in [0, 0.05) is 6.54 Å². The van der Waals surface area contributed by atoms with Crippen LogP contribution in [0.25, 0.3) is 0 Å². The Hall–Kier alpha value is -2.15. The van der Waals surface area contributed by atoms with Gasteiger partial charge in [-0.25, -0.2) is 0 Å². The second-order valence-electron chi connectivity index (χ2n) is 4.30. The van der Waals surface area contributed by atoms with Gasteiger partial charge in [-0.05, 0) is 17.2 Å². The predicted octanol–water partition coefficient (Wildman–Crippen LogP) is 2.38. The Balaban J connectivity index is 2.07. The minimum Gasteiger partial charge on any atom is -0.394 e. The maximum atomic E-state index is 9.46. The van der Waals surface area contributed by atoms with Gasteiger partial charge in [0.1, 0.15) is 0 Å². The maximum absolute atomic E-state index is 9.46. The molecule has 0 radical (unpaired) electrons. The van der Waals surface area contributed by atoms with Crippen LogP contribution in [0.3, 0.4) is 0 Å². The van der Waals surface area contributed by atoms with Gasteiger partial charge in [0.15, 0.2) is 0 Å². The minimum atomic E-state index is -0.118. The summed E-state index contributed by atoms with van der Waals surface area (Å²) < 4.78 is 0. The highest BCUT2D eigenvalue weighted by atomic mass is 16.3.